The average molecular weight is 362 g/mol. The zero-order valence-electron chi connectivity index (χ0n) is 11.5. The van der Waals surface area contributed by atoms with Crippen LogP contribution in [-0.4, -0.2) is 42.6 Å². The Labute approximate surface area is 129 Å². The lowest BCUT2D eigenvalue weighted by Crippen LogP contribution is -2.45. The first kappa shape index (κ1) is 15.9. The molecule has 1 N–H and O–H groups in total. The van der Waals surface area contributed by atoms with Crippen LogP contribution in [0.3, 0.4) is 0 Å². The minimum atomic E-state index is -3.03. The zero-order chi connectivity index (χ0) is 14.6. The number of halogens is 1. The first-order valence-electron chi connectivity index (χ1n) is 6.82. The van der Waals surface area contributed by atoms with Crippen molar-refractivity contribution in [3.63, 3.8) is 0 Å². The van der Waals surface area contributed by atoms with E-state index < -0.39 is 10.0 Å². The van der Waals surface area contributed by atoms with Gasteiger partial charge in [-0.05, 0) is 47.3 Å². The van der Waals surface area contributed by atoms with Crippen LogP contribution in [0.2, 0.25) is 0 Å². The highest BCUT2D eigenvalue weighted by Crippen LogP contribution is 2.15. The van der Waals surface area contributed by atoms with Crippen LogP contribution in [0, 0.1) is 0 Å². The number of pyridine rings is 1. The summed E-state index contributed by atoms with van der Waals surface area (Å²) in [4.78, 5) is 4.13. The topological polar surface area (TPSA) is 62.3 Å². The molecule has 1 fully saturated rings. The van der Waals surface area contributed by atoms with E-state index in [4.69, 9.17) is 0 Å². The minimum absolute atomic E-state index is 0.189. The van der Waals surface area contributed by atoms with Crippen molar-refractivity contribution in [1.82, 2.24) is 14.6 Å². The van der Waals surface area contributed by atoms with Crippen molar-refractivity contribution >= 4 is 26.0 Å². The quantitative estimate of drug-likeness (QED) is 0.867. The van der Waals surface area contributed by atoms with Crippen LogP contribution in [0.1, 0.15) is 25.3 Å². The van der Waals surface area contributed by atoms with Crippen molar-refractivity contribution in [2.75, 3.05) is 18.8 Å². The molecule has 1 saturated heterocycles. The van der Waals surface area contributed by atoms with Crippen molar-refractivity contribution in [3.05, 3.63) is 28.5 Å². The van der Waals surface area contributed by atoms with Gasteiger partial charge in [0.15, 0.2) is 0 Å². The van der Waals surface area contributed by atoms with E-state index in [9.17, 15) is 8.42 Å². The Bertz CT molecular complexity index is 542. The summed E-state index contributed by atoms with van der Waals surface area (Å²) in [5.74, 6) is 0.189. The van der Waals surface area contributed by atoms with Gasteiger partial charge in [-0.25, -0.2) is 12.7 Å². The van der Waals surface area contributed by atoms with Gasteiger partial charge in [-0.15, -0.1) is 0 Å². The van der Waals surface area contributed by atoms with E-state index in [2.05, 4.69) is 26.2 Å². The highest BCUT2D eigenvalue weighted by atomic mass is 79.9. The molecule has 2 rings (SSSR count). The molecule has 0 saturated carbocycles. The average Bonchev–Trinajstić information content (AvgIpc) is 2.46. The summed E-state index contributed by atoms with van der Waals surface area (Å²) in [5, 5.41) is 3.47. The summed E-state index contributed by atoms with van der Waals surface area (Å²) in [7, 11) is -3.03. The van der Waals surface area contributed by atoms with Gasteiger partial charge in [0, 0.05) is 42.5 Å². The molecule has 0 bridgehead atoms. The number of piperidine rings is 1. The second kappa shape index (κ2) is 6.98. The molecule has 0 atom stereocenters. The molecule has 1 aliphatic heterocycles. The van der Waals surface area contributed by atoms with Crippen molar-refractivity contribution in [2.45, 2.75) is 32.4 Å². The molecule has 112 valence electrons. The molecular formula is C13H20BrN3O2S. The van der Waals surface area contributed by atoms with Crippen LogP contribution >= 0.6 is 15.9 Å². The monoisotopic (exact) mass is 361 g/mol. The third-order valence-corrected chi connectivity index (χ3v) is 5.88. The van der Waals surface area contributed by atoms with Crippen LogP contribution in [0.15, 0.2) is 22.9 Å². The van der Waals surface area contributed by atoms with Gasteiger partial charge >= 0.3 is 0 Å². The Morgan fingerprint density at radius 3 is 2.70 bits per heavy atom. The highest BCUT2D eigenvalue weighted by Gasteiger charge is 2.26. The van der Waals surface area contributed by atoms with Crippen molar-refractivity contribution in [3.8, 4) is 0 Å². The summed E-state index contributed by atoms with van der Waals surface area (Å²) < 4.78 is 26.1. The van der Waals surface area contributed by atoms with Gasteiger partial charge in [0.25, 0.3) is 0 Å². The lowest BCUT2D eigenvalue weighted by Gasteiger charge is -2.31. The van der Waals surface area contributed by atoms with Crippen LogP contribution in [0.4, 0.5) is 0 Å². The minimum Gasteiger partial charge on any atom is -0.310 e. The Hall–Kier alpha value is -0.500. The lowest BCUT2D eigenvalue weighted by molar-refractivity contribution is 0.289. The molecule has 1 aromatic rings. The standard InChI is InChI=1S/C13H20BrN3O2S/c1-2-20(18,19)17-5-3-13(4-6-17)16-9-11-7-12(14)10-15-8-11/h7-8,10,13,16H,2-6,9H2,1H3. The normalized spacial score (nSPS) is 18.3. The molecule has 0 unspecified atom stereocenters. The predicted octanol–water partition coefficient (Wildman–Crippen LogP) is 1.75. The maximum absolute atomic E-state index is 11.8. The Morgan fingerprint density at radius 1 is 1.40 bits per heavy atom. The summed E-state index contributed by atoms with van der Waals surface area (Å²) in [6, 6.07) is 2.41. The fourth-order valence-electron chi connectivity index (χ4n) is 2.34. The number of sulfonamides is 1. The molecular weight excluding hydrogens is 342 g/mol. The number of aromatic nitrogens is 1. The molecule has 0 aliphatic carbocycles. The van der Waals surface area contributed by atoms with Crippen molar-refractivity contribution < 1.29 is 8.42 Å². The zero-order valence-corrected chi connectivity index (χ0v) is 14.0. The number of nitrogens with zero attached hydrogens (tertiary/aromatic N) is 2. The molecule has 0 radical (unpaired) electrons. The van der Waals surface area contributed by atoms with Crippen molar-refractivity contribution in [2.24, 2.45) is 0 Å². The fourth-order valence-corrected chi connectivity index (χ4v) is 3.88. The van der Waals surface area contributed by atoms with E-state index in [1.807, 2.05) is 12.3 Å². The molecule has 0 spiro atoms. The van der Waals surface area contributed by atoms with Gasteiger partial charge in [-0.3, -0.25) is 4.98 Å². The number of nitrogens with one attached hydrogen (secondary N) is 1. The van der Waals surface area contributed by atoms with E-state index in [0.29, 0.717) is 19.1 Å². The van der Waals surface area contributed by atoms with Crippen LogP contribution < -0.4 is 5.32 Å². The first-order chi connectivity index (χ1) is 9.51. The molecule has 1 aliphatic rings. The molecule has 5 nitrogen and oxygen atoms in total. The largest absolute Gasteiger partial charge is 0.310 e. The fraction of sp³-hybridized carbons (Fsp3) is 0.615. The SMILES string of the molecule is CCS(=O)(=O)N1CCC(NCc2cncc(Br)c2)CC1. The van der Waals surface area contributed by atoms with Crippen LogP contribution in [-0.2, 0) is 16.6 Å². The van der Waals surface area contributed by atoms with Gasteiger partial charge in [0.05, 0.1) is 5.75 Å². The maximum atomic E-state index is 11.8. The summed E-state index contributed by atoms with van der Waals surface area (Å²) in [6.07, 6.45) is 5.33. The number of hydrogen-bond acceptors (Lipinski definition) is 4. The molecule has 2 heterocycles. The summed E-state index contributed by atoms with van der Waals surface area (Å²) >= 11 is 3.40. The van der Waals surface area contributed by atoms with E-state index in [-0.39, 0.29) is 5.75 Å². The third-order valence-electron chi connectivity index (χ3n) is 3.57. The van der Waals surface area contributed by atoms with E-state index in [1.165, 1.54) is 0 Å². The second-order valence-electron chi connectivity index (χ2n) is 4.97. The lowest BCUT2D eigenvalue weighted by atomic mass is 10.1. The van der Waals surface area contributed by atoms with Gasteiger partial charge in [0.1, 0.15) is 0 Å². The van der Waals surface area contributed by atoms with Gasteiger partial charge in [-0.2, -0.15) is 0 Å². The van der Waals surface area contributed by atoms with E-state index in [0.717, 1.165) is 29.4 Å². The Morgan fingerprint density at radius 2 is 2.10 bits per heavy atom. The van der Waals surface area contributed by atoms with Gasteiger partial charge in [0.2, 0.25) is 10.0 Å². The van der Waals surface area contributed by atoms with Crippen molar-refractivity contribution in [1.29, 1.82) is 0 Å². The second-order valence-corrected chi connectivity index (χ2v) is 8.14. The number of hydrogen-bond donors (Lipinski definition) is 1. The highest BCUT2D eigenvalue weighted by molar-refractivity contribution is 9.10. The summed E-state index contributed by atoms with van der Waals surface area (Å²) in [5.41, 5.74) is 1.13. The van der Waals surface area contributed by atoms with Gasteiger partial charge in [-0.1, -0.05) is 0 Å². The molecule has 20 heavy (non-hydrogen) atoms. The van der Waals surface area contributed by atoms with E-state index in [1.54, 1.807) is 17.4 Å². The first-order valence-corrected chi connectivity index (χ1v) is 9.22. The summed E-state index contributed by atoms with van der Waals surface area (Å²) in [6.45, 7) is 3.69. The smallest absolute Gasteiger partial charge is 0.213 e. The third kappa shape index (κ3) is 4.25. The number of rotatable bonds is 5. The molecule has 0 amide bonds. The Balaban J connectivity index is 1.80. The molecule has 1 aromatic heterocycles. The molecule has 0 aromatic carbocycles. The molecule has 7 heteroatoms. The Kier molecular flexibility index (Phi) is 5.54. The van der Waals surface area contributed by atoms with E-state index >= 15 is 0 Å². The maximum Gasteiger partial charge on any atom is 0.213 e. The van der Waals surface area contributed by atoms with Crippen LogP contribution in [0.25, 0.3) is 0 Å². The predicted molar refractivity (Wildman–Crippen MR) is 82.8 cm³/mol. The van der Waals surface area contributed by atoms with Crippen LogP contribution in [0.5, 0.6) is 0 Å². The van der Waals surface area contributed by atoms with Gasteiger partial charge < -0.3 is 5.32 Å².